The van der Waals surface area contributed by atoms with Crippen LogP contribution in [0.25, 0.3) is 0 Å². The molecule has 1 rings (SSSR count). The van der Waals surface area contributed by atoms with Gasteiger partial charge in [-0.1, -0.05) is 90.6 Å². The Balaban J connectivity index is 2.13. The summed E-state index contributed by atoms with van der Waals surface area (Å²) in [4.78, 5) is 26.5. The van der Waals surface area contributed by atoms with Crippen LogP contribution in [0.4, 0.5) is 0 Å². The van der Waals surface area contributed by atoms with Gasteiger partial charge < -0.3 is 4.90 Å². The highest BCUT2D eigenvalue weighted by molar-refractivity contribution is 5.96. The van der Waals surface area contributed by atoms with Crippen molar-refractivity contribution in [3.63, 3.8) is 0 Å². The summed E-state index contributed by atoms with van der Waals surface area (Å²) in [6.07, 6.45) is 21.1. The van der Waals surface area contributed by atoms with Crippen LogP contribution in [0.2, 0.25) is 0 Å². The summed E-state index contributed by atoms with van der Waals surface area (Å²) < 4.78 is 0. The Kier molecular flexibility index (Phi) is 14.0. The normalized spacial score (nSPS) is 20.1. The van der Waals surface area contributed by atoms with Crippen molar-refractivity contribution in [2.24, 2.45) is 5.92 Å². The Morgan fingerprint density at radius 3 is 1.90 bits per heavy atom. The maximum absolute atomic E-state index is 12.8. The van der Waals surface area contributed by atoms with E-state index in [1.807, 2.05) is 11.8 Å². The van der Waals surface area contributed by atoms with Crippen LogP contribution < -0.4 is 0 Å². The molecule has 168 valence electrons. The van der Waals surface area contributed by atoms with Crippen LogP contribution in [0, 0.1) is 5.92 Å². The number of carbonyl (C=O) groups is 2. The van der Waals surface area contributed by atoms with E-state index in [-0.39, 0.29) is 17.7 Å². The number of rotatable bonds is 15. The summed E-state index contributed by atoms with van der Waals surface area (Å²) in [5.74, 6) is 0.716. The summed E-state index contributed by atoms with van der Waals surface area (Å²) in [5.41, 5.74) is 0.814. The van der Waals surface area contributed by atoms with E-state index in [1.54, 1.807) is 6.92 Å². The average Bonchev–Trinajstić information content (AvgIpc) is 2.70. The van der Waals surface area contributed by atoms with Gasteiger partial charge in [0.1, 0.15) is 0 Å². The Bertz CT molecular complexity index is 497. The van der Waals surface area contributed by atoms with Crippen molar-refractivity contribution >= 4 is 11.7 Å². The Labute approximate surface area is 180 Å². The van der Waals surface area contributed by atoms with E-state index >= 15 is 0 Å². The number of hydrogen-bond acceptors (Lipinski definition) is 2. The van der Waals surface area contributed by atoms with Crippen molar-refractivity contribution in [2.45, 2.75) is 130 Å². The van der Waals surface area contributed by atoms with E-state index in [0.717, 1.165) is 31.3 Å². The number of piperidine rings is 1. The summed E-state index contributed by atoms with van der Waals surface area (Å²) in [7, 11) is 0. The molecule has 1 amide bonds. The molecular formula is C26H47NO2. The molecule has 1 saturated heterocycles. The van der Waals surface area contributed by atoms with Crippen molar-refractivity contribution in [3.8, 4) is 0 Å². The van der Waals surface area contributed by atoms with Gasteiger partial charge in [0.2, 0.25) is 5.91 Å². The first-order valence-corrected chi connectivity index (χ1v) is 12.5. The number of unbranched alkanes of at least 4 members (excludes halogenated alkanes) is 12. The predicted octanol–water partition coefficient (Wildman–Crippen LogP) is 7.24. The second-order valence-electron chi connectivity index (χ2n) is 9.32. The molecule has 1 aliphatic heterocycles. The fourth-order valence-corrected chi connectivity index (χ4v) is 4.39. The Hall–Kier alpha value is -1.12. The number of nitrogens with zero attached hydrogens (tertiary/aromatic N) is 1. The first kappa shape index (κ1) is 25.9. The van der Waals surface area contributed by atoms with Crippen molar-refractivity contribution in [2.75, 3.05) is 6.54 Å². The molecule has 1 aliphatic rings. The van der Waals surface area contributed by atoms with E-state index in [9.17, 15) is 9.59 Å². The lowest BCUT2D eigenvalue weighted by molar-refractivity contribution is -0.138. The lowest BCUT2D eigenvalue weighted by atomic mass is 9.90. The third-order valence-corrected chi connectivity index (χ3v) is 6.44. The number of ketones is 1. The minimum absolute atomic E-state index is 0.0658. The van der Waals surface area contributed by atoms with Crippen molar-refractivity contribution < 1.29 is 9.59 Å². The molecule has 1 fully saturated rings. The number of carbonyl (C=O) groups excluding carboxylic acids is 2. The number of Topliss-reactive ketones (excluding diaryl/α,β-unsaturated/α-hetero) is 1. The van der Waals surface area contributed by atoms with Gasteiger partial charge in [0.15, 0.2) is 5.78 Å². The van der Waals surface area contributed by atoms with Gasteiger partial charge in [-0.2, -0.15) is 0 Å². The highest BCUT2D eigenvalue weighted by atomic mass is 16.2. The number of hydrogen-bond donors (Lipinski definition) is 0. The minimum Gasteiger partial charge on any atom is -0.329 e. The smallest absolute Gasteiger partial charge is 0.249 e. The SMILES string of the molecule is CCCCCCCCCCCCCC/C=C(/C)C(=O)N1CCC(C)CC1C(C)=O. The van der Waals surface area contributed by atoms with Gasteiger partial charge in [0.25, 0.3) is 0 Å². The quantitative estimate of drug-likeness (QED) is 0.213. The van der Waals surface area contributed by atoms with Crippen LogP contribution >= 0.6 is 0 Å². The first-order valence-electron chi connectivity index (χ1n) is 12.5. The summed E-state index contributed by atoms with van der Waals surface area (Å²) in [5, 5.41) is 0. The highest BCUT2D eigenvalue weighted by Gasteiger charge is 2.32. The molecule has 0 aromatic heterocycles. The average molecular weight is 406 g/mol. The van der Waals surface area contributed by atoms with Crippen molar-refractivity contribution in [3.05, 3.63) is 11.6 Å². The molecule has 2 atom stereocenters. The number of likely N-dealkylation sites (tertiary alicyclic amines) is 1. The Morgan fingerprint density at radius 2 is 1.38 bits per heavy atom. The number of allylic oxidation sites excluding steroid dienone is 1. The third kappa shape index (κ3) is 11.0. The van der Waals surface area contributed by atoms with Crippen LogP contribution in [0.15, 0.2) is 11.6 Å². The highest BCUT2D eigenvalue weighted by Crippen LogP contribution is 2.24. The minimum atomic E-state index is -0.221. The van der Waals surface area contributed by atoms with Gasteiger partial charge in [-0.3, -0.25) is 9.59 Å². The van der Waals surface area contributed by atoms with Crippen molar-refractivity contribution in [1.82, 2.24) is 4.90 Å². The zero-order chi connectivity index (χ0) is 21.5. The van der Waals surface area contributed by atoms with E-state index in [2.05, 4.69) is 19.9 Å². The lowest BCUT2D eigenvalue weighted by Gasteiger charge is -2.37. The van der Waals surface area contributed by atoms with Gasteiger partial charge in [-0.25, -0.2) is 0 Å². The Morgan fingerprint density at radius 1 is 0.862 bits per heavy atom. The molecule has 0 bridgehead atoms. The fraction of sp³-hybridized carbons (Fsp3) is 0.846. The molecule has 0 aromatic carbocycles. The van der Waals surface area contributed by atoms with Crippen LogP contribution in [-0.2, 0) is 9.59 Å². The molecule has 1 heterocycles. The molecule has 2 unspecified atom stereocenters. The zero-order valence-electron chi connectivity index (χ0n) is 19.8. The third-order valence-electron chi connectivity index (χ3n) is 6.44. The van der Waals surface area contributed by atoms with E-state index in [4.69, 9.17) is 0 Å². The molecular weight excluding hydrogens is 358 g/mol. The van der Waals surface area contributed by atoms with E-state index < -0.39 is 0 Å². The molecule has 0 N–H and O–H groups in total. The zero-order valence-corrected chi connectivity index (χ0v) is 19.8. The summed E-state index contributed by atoms with van der Waals surface area (Å²) >= 11 is 0. The molecule has 0 spiro atoms. The van der Waals surface area contributed by atoms with Crippen LogP contribution in [-0.4, -0.2) is 29.2 Å². The standard InChI is InChI=1S/C26H47NO2/c1-5-6-7-8-9-10-11-12-13-14-15-16-17-18-23(3)26(29)27-20-19-22(2)21-25(27)24(4)28/h18,22,25H,5-17,19-21H2,1-4H3/b23-18-. The molecule has 0 aromatic rings. The van der Waals surface area contributed by atoms with Gasteiger partial charge in [-0.15, -0.1) is 0 Å². The lowest BCUT2D eigenvalue weighted by Crippen LogP contribution is -2.49. The maximum atomic E-state index is 12.8. The molecule has 0 radical (unpaired) electrons. The fourth-order valence-electron chi connectivity index (χ4n) is 4.39. The maximum Gasteiger partial charge on any atom is 0.249 e. The second-order valence-corrected chi connectivity index (χ2v) is 9.32. The molecule has 0 aliphatic carbocycles. The van der Waals surface area contributed by atoms with Crippen LogP contribution in [0.1, 0.15) is 124 Å². The van der Waals surface area contributed by atoms with Gasteiger partial charge in [-0.05, 0) is 45.4 Å². The monoisotopic (exact) mass is 405 g/mol. The number of amides is 1. The first-order chi connectivity index (χ1) is 14.0. The predicted molar refractivity (Wildman–Crippen MR) is 124 cm³/mol. The second kappa shape index (κ2) is 15.7. The van der Waals surface area contributed by atoms with E-state index in [1.165, 1.54) is 70.6 Å². The van der Waals surface area contributed by atoms with Gasteiger partial charge >= 0.3 is 0 Å². The summed E-state index contributed by atoms with van der Waals surface area (Å²) in [6.45, 7) is 8.70. The molecule has 0 saturated carbocycles. The van der Waals surface area contributed by atoms with Gasteiger partial charge in [0.05, 0.1) is 6.04 Å². The molecule has 3 heteroatoms. The van der Waals surface area contributed by atoms with Crippen LogP contribution in [0.3, 0.4) is 0 Å². The summed E-state index contributed by atoms with van der Waals surface area (Å²) in [6, 6.07) is -0.221. The van der Waals surface area contributed by atoms with E-state index in [0.29, 0.717) is 12.5 Å². The molecule has 3 nitrogen and oxygen atoms in total. The largest absolute Gasteiger partial charge is 0.329 e. The van der Waals surface area contributed by atoms with Gasteiger partial charge in [0, 0.05) is 12.1 Å². The topological polar surface area (TPSA) is 37.4 Å². The van der Waals surface area contributed by atoms with Crippen molar-refractivity contribution in [1.29, 1.82) is 0 Å². The molecule has 29 heavy (non-hydrogen) atoms. The van der Waals surface area contributed by atoms with Crippen LogP contribution in [0.5, 0.6) is 0 Å².